The summed E-state index contributed by atoms with van der Waals surface area (Å²) in [6.07, 6.45) is 1.12. The molecule has 2 aromatic carbocycles. The number of hydrogen-bond donors (Lipinski definition) is 1. The molecule has 1 aliphatic rings. The Labute approximate surface area is 199 Å². The molecule has 34 heavy (non-hydrogen) atoms. The third kappa shape index (κ3) is 6.11. The average Bonchev–Trinajstić information content (AvgIpc) is 3.30. The van der Waals surface area contributed by atoms with Gasteiger partial charge in [-0.3, -0.25) is 4.79 Å². The Balaban J connectivity index is 1.88. The highest BCUT2D eigenvalue weighted by Gasteiger charge is 2.35. The van der Waals surface area contributed by atoms with Crippen molar-refractivity contribution in [1.29, 1.82) is 0 Å². The summed E-state index contributed by atoms with van der Waals surface area (Å²) in [6.45, 7) is 2.82. The maximum absolute atomic E-state index is 14.5. The number of carbonyl (C=O) groups is 2. The van der Waals surface area contributed by atoms with Crippen molar-refractivity contribution in [1.82, 2.24) is 15.2 Å². The fourth-order valence-electron chi connectivity index (χ4n) is 3.72. The monoisotopic (exact) mass is 470 g/mol. The fourth-order valence-corrected chi connectivity index (χ4v) is 3.72. The van der Waals surface area contributed by atoms with Gasteiger partial charge in [-0.2, -0.15) is 5.10 Å². The van der Waals surface area contributed by atoms with Gasteiger partial charge in [-0.25, -0.2) is 14.2 Å². The zero-order chi connectivity index (χ0) is 24.5. The molecule has 1 aliphatic heterocycles. The molecule has 0 saturated heterocycles. The lowest BCUT2D eigenvalue weighted by atomic mass is 9.98. The van der Waals surface area contributed by atoms with Gasteiger partial charge in [-0.1, -0.05) is 37.3 Å². The van der Waals surface area contributed by atoms with E-state index in [4.69, 9.17) is 9.47 Å². The lowest BCUT2D eigenvalue weighted by Gasteiger charge is -2.27. The second-order valence-electron chi connectivity index (χ2n) is 7.90. The van der Waals surface area contributed by atoms with Crippen LogP contribution in [0.4, 0.5) is 9.18 Å². The predicted molar refractivity (Wildman–Crippen MR) is 127 cm³/mol. The number of nitrogens with one attached hydrogen (secondary N) is 1. The van der Waals surface area contributed by atoms with E-state index < -0.39 is 11.9 Å². The smallest absolute Gasteiger partial charge is 0.317 e. The van der Waals surface area contributed by atoms with Gasteiger partial charge in [0.1, 0.15) is 18.1 Å². The highest BCUT2D eigenvalue weighted by molar-refractivity contribution is 6.03. The summed E-state index contributed by atoms with van der Waals surface area (Å²) < 4.78 is 24.8. The maximum atomic E-state index is 14.5. The Bertz CT molecular complexity index is 1010. The van der Waals surface area contributed by atoms with Gasteiger partial charge < -0.3 is 19.7 Å². The zero-order valence-corrected chi connectivity index (χ0v) is 19.8. The van der Waals surface area contributed by atoms with Crippen molar-refractivity contribution < 1.29 is 23.5 Å². The highest BCUT2D eigenvalue weighted by atomic mass is 19.1. The summed E-state index contributed by atoms with van der Waals surface area (Å²) in [5, 5.41) is 8.67. The van der Waals surface area contributed by atoms with Crippen LogP contribution in [0, 0.1) is 5.82 Å². The molecule has 0 fully saturated rings. The predicted octanol–water partition coefficient (Wildman–Crippen LogP) is 3.58. The van der Waals surface area contributed by atoms with Crippen molar-refractivity contribution in [3.63, 3.8) is 0 Å². The third-order valence-corrected chi connectivity index (χ3v) is 5.56. The lowest BCUT2D eigenvalue weighted by molar-refractivity contribution is -0.133. The number of benzene rings is 2. The molecule has 1 N–H and O–H groups in total. The number of rotatable bonds is 10. The molecule has 0 aliphatic carbocycles. The largest absolute Gasteiger partial charge is 0.497 e. The van der Waals surface area contributed by atoms with E-state index in [0.717, 1.165) is 12.0 Å². The Morgan fingerprint density at radius 3 is 2.56 bits per heavy atom. The molecule has 2 aromatic rings. The van der Waals surface area contributed by atoms with Crippen LogP contribution in [-0.4, -0.2) is 68.0 Å². The molecule has 3 rings (SSSR count). The van der Waals surface area contributed by atoms with Crippen LogP contribution in [0.2, 0.25) is 0 Å². The molecule has 182 valence electrons. The van der Waals surface area contributed by atoms with Crippen LogP contribution in [0.15, 0.2) is 53.6 Å². The van der Waals surface area contributed by atoms with Crippen LogP contribution < -0.4 is 10.1 Å². The van der Waals surface area contributed by atoms with E-state index in [9.17, 15) is 14.0 Å². The Morgan fingerprint density at radius 2 is 1.91 bits per heavy atom. The fraction of sp³-hybridized carbons (Fsp3) is 0.400. The molecule has 3 amide bonds. The second kappa shape index (κ2) is 12.1. The standard InChI is InChI=1S/C25H31FN4O4/c1-4-13-27-25(32)29(14-15-33-2)17-24(31)30-23(18-9-11-19(34-3)12-10-18)16-22(28-30)20-7-5-6-8-21(20)26/h5-12,23H,4,13-17H2,1-3H3,(H,27,32). The highest BCUT2D eigenvalue weighted by Crippen LogP contribution is 2.34. The van der Waals surface area contributed by atoms with E-state index in [-0.39, 0.29) is 25.0 Å². The van der Waals surface area contributed by atoms with E-state index in [2.05, 4.69) is 10.4 Å². The number of halogens is 1. The molecule has 1 unspecified atom stereocenters. The van der Waals surface area contributed by atoms with Gasteiger partial charge in [-0.05, 0) is 30.2 Å². The first kappa shape index (κ1) is 25.2. The van der Waals surface area contributed by atoms with E-state index >= 15 is 0 Å². The van der Waals surface area contributed by atoms with Gasteiger partial charge in [0.05, 0.1) is 25.5 Å². The van der Waals surface area contributed by atoms with E-state index in [0.29, 0.717) is 36.6 Å². The first-order valence-corrected chi connectivity index (χ1v) is 11.3. The molecular formula is C25H31FN4O4. The van der Waals surface area contributed by atoms with Crippen molar-refractivity contribution in [3.05, 3.63) is 65.5 Å². The summed E-state index contributed by atoms with van der Waals surface area (Å²) >= 11 is 0. The number of hydrogen-bond acceptors (Lipinski definition) is 5. The van der Waals surface area contributed by atoms with Crippen molar-refractivity contribution in [3.8, 4) is 5.75 Å². The second-order valence-corrected chi connectivity index (χ2v) is 7.90. The van der Waals surface area contributed by atoms with Crippen LogP contribution in [0.3, 0.4) is 0 Å². The minimum absolute atomic E-state index is 0.181. The summed E-state index contributed by atoms with van der Waals surface area (Å²) in [5.41, 5.74) is 1.67. The minimum Gasteiger partial charge on any atom is -0.497 e. The van der Waals surface area contributed by atoms with Crippen molar-refractivity contribution in [2.45, 2.75) is 25.8 Å². The van der Waals surface area contributed by atoms with E-state index in [1.807, 2.05) is 31.2 Å². The van der Waals surface area contributed by atoms with Crippen molar-refractivity contribution in [2.24, 2.45) is 5.10 Å². The number of urea groups is 1. The zero-order valence-electron chi connectivity index (χ0n) is 19.8. The number of carbonyl (C=O) groups excluding carboxylic acids is 2. The summed E-state index contributed by atoms with van der Waals surface area (Å²) in [5.74, 6) is -0.0761. The summed E-state index contributed by atoms with van der Waals surface area (Å²) in [6, 6.07) is 12.9. The molecule has 0 aromatic heterocycles. The van der Waals surface area contributed by atoms with Gasteiger partial charge >= 0.3 is 6.03 Å². The molecule has 1 heterocycles. The van der Waals surface area contributed by atoms with Crippen molar-refractivity contribution in [2.75, 3.05) is 40.5 Å². The number of hydrazone groups is 1. The molecule has 0 spiro atoms. The first-order valence-electron chi connectivity index (χ1n) is 11.3. The lowest BCUT2D eigenvalue weighted by Crippen LogP contribution is -2.47. The average molecular weight is 471 g/mol. The topological polar surface area (TPSA) is 83.5 Å². The quantitative estimate of drug-likeness (QED) is 0.575. The van der Waals surface area contributed by atoms with E-state index in [1.54, 1.807) is 25.3 Å². The van der Waals surface area contributed by atoms with Crippen LogP contribution in [-0.2, 0) is 9.53 Å². The number of methoxy groups -OCH3 is 2. The van der Waals surface area contributed by atoms with Crippen LogP contribution in [0.1, 0.15) is 36.9 Å². The number of amides is 3. The van der Waals surface area contributed by atoms with Crippen molar-refractivity contribution >= 4 is 17.6 Å². The molecule has 0 saturated carbocycles. The van der Waals surface area contributed by atoms with Gasteiger partial charge in [0.15, 0.2) is 0 Å². The first-order chi connectivity index (χ1) is 16.5. The number of nitrogens with zero attached hydrogens (tertiary/aromatic N) is 3. The Kier molecular flexibility index (Phi) is 8.98. The molecular weight excluding hydrogens is 439 g/mol. The Hall–Kier alpha value is -3.46. The van der Waals surface area contributed by atoms with Gasteiger partial charge in [0.2, 0.25) is 0 Å². The number of ether oxygens (including phenoxy) is 2. The van der Waals surface area contributed by atoms with Gasteiger partial charge in [0, 0.05) is 32.2 Å². The van der Waals surface area contributed by atoms with Gasteiger partial charge in [-0.15, -0.1) is 0 Å². The molecule has 1 atom stereocenters. The van der Waals surface area contributed by atoms with Crippen LogP contribution in [0.5, 0.6) is 5.75 Å². The molecule has 9 heteroatoms. The normalized spacial score (nSPS) is 15.1. The summed E-state index contributed by atoms with van der Waals surface area (Å²) in [4.78, 5) is 27.4. The van der Waals surface area contributed by atoms with E-state index in [1.165, 1.54) is 23.1 Å². The SMILES string of the molecule is CCCNC(=O)N(CCOC)CC(=O)N1N=C(c2ccccc2F)CC1c1ccc(OC)cc1. The van der Waals surface area contributed by atoms with Crippen LogP contribution >= 0.6 is 0 Å². The maximum Gasteiger partial charge on any atom is 0.317 e. The molecule has 0 radical (unpaired) electrons. The summed E-state index contributed by atoms with van der Waals surface area (Å²) in [7, 11) is 3.12. The Morgan fingerprint density at radius 1 is 1.18 bits per heavy atom. The molecule has 0 bridgehead atoms. The van der Waals surface area contributed by atoms with Gasteiger partial charge in [0.25, 0.3) is 5.91 Å². The van der Waals surface area contributed by atoms with Crippen LogP contribution in [0.25, 0.3) is 0 Å². The molecule has 8 nitrogen and oxygen atoms in total. The minimum atomic E-state index is -0.434. The third-order valence-electron chi connectivity index (χ3n) is 5.56.